The van der Waals surface area contributed by atoms with E-state index in [1.807, 2.05) is 6.07 Å². The molecule has 0 radical (unpaired) electrons. The molecule has 1 heterocycles. The van der Waals surface area contributed by atoms with Crippen LogP contribution in [0.2, 0.25) is 0 Å². The molecular weight excluding hydrogens is 358 g/mol. The standard InChI is InChI=1S/C25H33N3O/c1-27-15-17-28(18-16-27)24-11-6-10-21-13-14-22(19-23(21)24)26-25(29)12-5-9-20-7-3-2-4-8-20/h2-4,6-8,10-11,22H,5,9,12-19H2,1H3,(H,26,29). The molecule has 29 heavy (non-hydrogen) atoms. The second-order valence-corrected chi connectivity index (χ2v) is 8.55. The van der Waals surface area contributed by atoms with Crippen molar-refractivity contribution in [3.63, 3.8) is 0 Å². The lowest BCUT2D eigenvalue weighted by Crippen LogP contribution is -2.45. The Morgan fingerprint density at radius 3 is 2.62 bits per heavy atom. The van der Waals surface area contributed by atoms with Crippen LogP contribution < -0.4 is 10.2 Å². The van der Waals surface area contributed by atoms with E-state index in [2.05, 4.69) is 64.6 Å². The van der Waals surface area contributed by atoms with E-state index >= 15 is 0 Å². The predicted molar refractivity (Wildman–Crippen MR) is 119 cm³/mol. The lowest BCUT2D eigenvalue weighted by Gasteiger charge is -2.37. The fourth-order valence-electron chi connectivity index (χ4n) is 4.63. The highest BCUT2D eigenvalue weighted by Gasteiger charge is 2.25. The molecule has 0 saturated carbocycles. The minimum atomic E-state index is 0.200. The summed E-state index contributed by atoms with van der Waals surface area (Å²) >= 11 is 0. The van der Waals surface area contributed by atoms with Crippen LogP contribution in [0.15, 0.2) is 48.5 Å². The Bertz CT molecular complexity index is 812. The zero-order chi connectivity index (χ0) is 20.1. The van der Waals surface area contributed by atoms with Crippen molar-refractivity contribution in [1.29, 1.82) is 0 Å². The first-order valence-corrected chi connectivity index (χ1v) is 11.1. The molecule has 4 rings (SSSR count). The Balaban J connectivity index is 1.32. The lowest BCUT2D eigenvalue weighted by atomic mass is 9.86. The molecule has 1 N–H and O–H groups in total. The van der Waals surface area contributed by atoms with E-state index in [1.54, 1.807) is 0 Å². The van der Waals surface area contributed by atoms with E-state index in [9.17, 15) is 4.79 Å². The number of fused-ring (bicyclic) bond motifs is 1. The molecule has 4 heteroatoms. The van der Waals surface area contributed by atoms with Gasteiger partial charge in [-0.1, -0.05) is 42.5 Å². The maximum absolute atomic E-state index is 12.5. The Kier molecular flexibility index (Phi) is 6.50. The highest BCUT2D eigenvalue weighted by atomic mass is 16.1. The molecule has 2 aromatic carbocycles. The molecule has 1 aliphatic carbocycles. The first-order valence-electron chi connectivity index (χ1n) is 11.1. The van der Waals surface area contributed by atoms with E-state index < -0.39 is 0 Å². The van der Waals surface area contributed by atoms with Crippen LogP contribution in [0.5, 0.6) is 0 Å². The van der Waals surface area contributed by atoms with Gasteiger partial charge in [-0.2, -0.15) is 0 Å². The van der Waals surface area contributed by atoms with Gasteiger partial charge in [0.1, 0.15) is 0 Å². The van der Waals surface area contributed by atoms with E-state index in [4.69, 9.17) is 0 Å². The molecule has 154 valence electrons. The van der Waals surface area contributed by atoms with Gasteiger partial charge in [-0.3, -0.25) is 4.79 Å². The van der Waals surface area contributed by atoms with Gasteiger partial charge in [0.25, 0.3) is 0 Å². The Labute approximate surface area is 174 Å². The molecule has 1 saturated heterocycles. The Morgan fingerprint density at radius 2 is 1.83 bits per heavy atom. The number of hydrogen-bond donors (Lipinski definition) is 1. The lowest BCUT2D eigenvalue weighted by molar-refractivity contribution is -0.121. The van der Waals surface area contributed by atoms with Crippen molar-refractivity contribution in [1.82, 2.24) is 10.2 Å². The zero-order valence-electron chi connectivity index (χ0n) is 17.6. The summed E-state index contributed by atoms with van der Waals surface area (Å²) in [6.07, 6.45) is 5.55. The summed E-state index contributed by atoms with van der Waals surface area (Å²) in [6, 6.07) is 17.4. The molecule has 1 amide bonds. The maximum atomic E-state index is 12.5. The number of hydrogen-bond acceptors (Lipinski definition) is 3. The first kappa shape index (κ1) is 20.0. The third kappa shape index (κ3) is 5.18. The van der Waals surface area contributed by atoms with Crippen LogP contribution in [0, 0.1) is 0 Å². The smallest absolute Gasteiger partial charge is 0.220 e. The molecule has 0 spiro atoms. The van der Waals surface area contributed by atoms with E-state index in [-0.39, 0.29) is 11.9 Å². The molecule has 4 nitrogen and oxygen atoms in total. The summed E-state index contributed by atoms with van der Waals surface area (Å²) in [5.74, 6) is 0.200. The summed E-state index contributed by atoms with van der Waals surface area (Å²) in [4.78, 5) is 17.4. The molecule has 1 fully saturated rings. The fourth-order valence-corrected chi connectivity index (χ4v) is 4.63. The normalized spacial score (nSPS) is 19.6. The number of nitrogens with zero attached hydrogens (tertiary/aromatic N) is 2. The number of rotatable bonds is 6. The van der Waals surface area contributed by atoms with Gasteiger partial charge >= 0.3 is 0 Å². The number of amides is 1. The average molecular weight is 392 g/mol. The van der Waals surface area contributed by atoms with Crippen molar-refractivity contribution in [2.75, 3.05) is 38.1 Å². The second-order valence-electron chi connectivity index (χ2n) is 8.55. The Hall–Kier alpha value is -2.33. The fraction of sp³-hybridized carbons (Fsp3) is 0.480. The van der Waals surface area contributed by atoms with E-state index in [0.29, 0.717) is 6.42 Å². The maximum Gasteiger partial charge on any atom is 0.220 e. The third-order valence-electron chi connectivity index (χ3n) is 6.38. The molecule has 0 aromatic heterocycles. The average Bonchev–Trinajstić information content (AvgIpc) is 2.75. The van der Waals surface area contributed by atoms with Crippen molar-refractivity contribution in [3.05, 3.63) is 65.2 Å². The summed E-state index contributed by atoms with van der Waals surface area (Å²) in [5, 5.41) is 3.32. The summed E-state index contributed by atoms with van der Waals surface area (Å²) in [7, 11) is 2.20. The van der Waals surface area contributed by atoms with Gasteiger partial charge in [0.2, 0.25) is 5.91 Å². The van der Waals surface area contributed by atoms with Crippen LogP contribution in [0.4, 0.5) is 5.69 Å². The number of nitrogens with one attached hydrogen (secondary N) is 1. The van der Waals surface area contributed by atoms with Gasteiger partial charge in [-0.15, -0.1) is 0 Å². The number of anilines is 1. The van der Waals surface area contributed by atoms with Gasteiger partial charge in [-0.05, 0) is 61.9 Å². The molecule has 0 bridgehead atoms. The second kappa shape index (κ2) is 9.45. The number of likely N-dealkylation sites (N-methyl/N-ethyl adjacent to an activating group) is 1. The van der Waals surface area contributed by atoms with Crippen molar-refractivity contribution >= 4 is 11.6 Å². The van der Waals surface area contributed by atoms with Crippen molar-refractivity contribution in [3.8, 4) is 0 Å². The van der Waals surface area contributed by atoms with Gasteiger partial charge in [0.15, 0.2) is 0 Å². The van der Waals surface area contributed by atoms with Crippen molar-refractivity contribution in [2.45, 2.75) is 44.6 Å². The summed E-state index contributed by atoms with van der Waals surface area (Å²) in [6.45, 7) is 4.41. The first-order chi connectivity index (χ1) is 14.2. The molecular formula is C25H33N3O. The van der Waals surface area contributed by atoms with Gasteiger partial charge in [-0.25, -0.2) is 0 Å². The van der Waals surface area contributed by atoms with Crippen LogP contribution in [0.3, 0.4) is 0 Å². The van der Waals surface area contributed by atoms with Gasteiger partial charge in [0.05, 0.1) is 0 Å². The minimum Gasteiger partial charge on any atom is -0.369 e. The van der Waals surface area contributed by atoms with Crippen molar-refractivity contribution in [2.24, 2.45) is 0 Å². The summed E-state index contributed by atoms with van der Waals surface area (Å²) in [5.41, 5.74) is 5.62. The van der Waals surface area contributed by atoms with Crippen molar-refractivity contribution < 1.29 is 4.79 Å². The largest absolute Gasteiger partial charge is 0.369 e. The molecule has 1 unspecified atom stereocenters. The van der Waals surface area contributed by atoms with Gasteiger partial charge in [0, 0.05) is 44.3 Å². The van der Waals surface area contributed by atoms with Crippen LogP contribution in [0.1, 0.15) is 36.0 Å². The van der Waals surface area contributed by atoms with Crippen LogP contribution >= 0.6 is 0 Å². The highest BCUT2D eigenvalue weighted by Crippen LogP contribution is 2.31. The van der Waals surface area contributed by atoms with Crippen LogP contribution in [-0.4, -0.2) is 50.1 Å². The van der Waals surface area contributed by atoms with E-state index in [1.165, 1.54) is 22.4 Å². The minimum absolute atomic E-state index is 0.200. The number of aryl methyl sites for hydroxylation is 2. The molecule has 1 aliphatic heterocycles. The van der Waals surface area contributed by atoms with Gasteiger partial charge < -0.3 is 15.1 Å². The third-order valence-corrected chi connectivity index (χ3v) is 6.38. The van der Waals surface area contributed by atoms with Crippen LogP contribution in [0.25, 0.3) is 0 Å². The van der Waals surface area contributed by atoms with E-state index in [0.717, 1.165) is 58.3 Å². The summed E-state index contributed by atoms with van der Waals surface area (Å²) < 4.78 is 0. The Morgan fingerprint density at radius 1 is 1.03 bits per heavy atom. The SMILES string of the molecule is CN1CCN(c2cccc3c2CC(NC(=O)CCCc2ccccc2)CC3)CC1. The number of carbonyl (C=O) groups excluding carboxylic acids is 1. The number of benzene rings is 2. The monoisotopic (exact) mass is 391 g/mol. The van der Waals surface area contributed by atoms with Crippen LogP contribution in [-0.2, 0) is 24.1 Å². The quantitative estimate of drug-likeness (QED) is 0.819. The topological polar surface area (TPSA) is 35.6 Å². The predicted octanol–water partition coefficient (Wildman–Crippen LogP) is 3.43. The molecule has 2 aromatic rings. The highest BCUT2D eigenvalue weighted by molar-refractivity contribution is 5.76. The number of piperazine rings is 1. The number of carbonyl (C=O) groups is 1. The molecule has 2 aliphatic rings. The zero-order valence-corrected chi connectivity index (χ0v) is 17.6. The molecule has 1 atom stereocenters.